The molecule has 0 saturated heterocycles. The second-order valence-corrected chi connectivity index (χ2v) is 6.98. The summed E-state index contributed by atoms with van der Waals surface area (Å²) in [5, 5.41) is 30.9. The van der Waals surface area contributed by atoms with Crippen molar-refractivity contribution in [1.29, 1.82) is 0 Å². The van der Waals surface area contributed by atoms with Gasteiger partial charge in [-0.15, -0.1) is 0 Å². The highest BCUT2D eigenvalue weighted by atomic mass is 16.6. The third-order valence-electron chi connectivity index (χ3n) is 4.64. The maximum Gasteiger partial charge on any atom is 0.335 e. The van der Waals surface area contributed by atoms with Gasteiger partial charge in [0, 0.05) is 18.6 Å². The summed E-state index contributed by atoms with van der Waals surface area (Å²) < 4.78 is 5.91. The van der Waals surface area contributed by atoms with Crippen LogP contribution in [0.2, 0.25) is 0 Å². The van der Waals surface area contributed by atoms with Gasteiger partial charge in [0.2, 0.25) is 0 Å². The number of ether oxygens (including phenoxy) is 1. The molecule has 0 saturated carbocycles. The molecule has 0 aliphatic rings. The van der Waals surface area contributed by atoms with E-state index in [9.17, 15) is 25.1 Å². The van der Waals surface area contributed by atoms with E-state index in [0.717, 1.165) is 32.1 Å². The molecule has 2 N–H and O–H groups in total. The van der Waals surface area contributed by atoms with Crippen LogP contribution >= 0.6 is 0 Å². The van der Waals surface area contributed by atoms with Crippen LogP contribution in [0.1, 0.15) is 71.6 Å². The molecule has 27 heavy (non-hydrogen) atoms. The number of carboxylic acids is 1. The predicted molar refractivity (Wildman–Crippen MR) is 103 cm³/mol. The van der Waals surface area contributed by atoms with Crippen LogP contribution in [0.5, 0.6) is 5.75 Å². The molecule has 0 heterocycles. The summed E-state index contributed by atoms with van der Waals surface area (Å²) in [6, 6.07) is 5.71. The van der Waals surface area contributed by atoms with Crippen LogP contribution in [0.3, 0.4) is 0 Å². The van der Waals surface area contributed by atoms with Crippen molar-refractivity contribution in [2.24, 2.45) is 0 Å². The van der Waals surface area contributed by atoms with Gasteiger partial charge in [-0.05, 0) is 31.4 Å². The molecule has 2 atom stereocenters. The molecular weight excluding hydrogens is 350 g/mol. The third-order valence-corrected chi connectivity index (χ3v) is 4.64. The first-order chi connectivity index (χ1) is 12.8. The van der Waals surface area contributed by atoms with Crippen LogP contribution in [0.15, 0.2) is 24.3 Å². The number of aliphatic carboxylic acids is 1. The van der Waals surface area contributed by atoms with E-state index < -0.39 is 22.6 Å². The fourth-order valence-electron chi connectivity index (χ4n) is 2.98. The number of nitro groups is 1. The Morgan fingerprint density at radius 2 is 1.78 bits per heavy atom. The number of aliphatic hydroxyl groups is 1. The highest BCUT2D eigenvalue weighted by molar-refractivity contribution is 5.77. The maximum atomic E-state index is 11.6. The number of nitrogens with zero attached hydrogens (tertiary/aromatic N) is 1. The van der Waals surface area contributed by atoms with Crippen LogP contribution in [-0.2, 0) is 4.79 Å². The van der Waals surface area contributed by atoms with E-state index in [1.807, 2.05) is 6.92 Å². The smallest absolute Gasteiger partial charge is 0.335 e. The number of benzene rings is 1. The van der Waals surface area contributed by atoms with Gasteiger partial charge < -0.3 is 14.9 Å². The number of hydrogen-bond acceptors (Lipinski definition) is 5. The lowest BCUT2D eigenvalue weighted by molar-refractivity contribution is -0.384. The second kappa shape index (κ2) is 11.5. The Balaban J connectivity index is 2.86. The van der Waals surface area contributed by atoms with Crippen molar-refractivity contribution in [3.63, 3.8) is 0 Å². The van der Waals surface area contributed by atoms with Gasteiger partial charge in [0.05, 0.1) is 4.92 Å². The average molecular weight is 381 g/mol. The summed E-state index contributed by atoms with van der Waals surface area (Å²) in [5.41, 5.74) is -1.86. The minimum absolute atomic E-state index is 0.00849. The van der Waals surface area contributed by atoms with Gasteiger partial charge in [-0.2, -0.15) is 0 Å². The molecule has 0 bridgehead atoms. The number of unbranched alkanes of at least 4 members (excludes halogenated alkanes) is 4. The number of non-ortho nitro benzene ring substituents is 1. The van der Waals surface area contributed by atoms with E-state index in [-0.39, 0.29) is 18.5 Å². The van der Waals surface area contributed by atoms with E-state index >= 15 is 0 Å². The van der Waals surface area contributed by atoms with Gasteiger partial charge in [0.1, 0.15) is 11.9 Å². The van der Waals surface area contributed by atoms with Crippen LogP contribution in [0.4, 0.5) is 5.69 Å². The molecule has 0 aliphatic carbocycles. The zero-order chi connectivity index (χ0) is 20.3. The summed E-state index contributed by atoms with van der Waals surface area (Å²) in [5.74, 6) is -0.800. The lowest BCUT2D eigenvalue weighted by atomic mass is 9.88. The minimum atomic E-state index is -1.83. The molecule has 0 radical (unpaired) electrons. The summed E-state index contributed by atoms with van der Waals surface area (Å²) >= 11 is 0. The number of carbonyl (C=O) groups is 1. The highest BCUT2D eigenvalue weighted by Gasteiger charge is 2.38. The van der Waals surface area contributed by atoms with Gasteiger partial charge in [0.15, 0.2) is 5.60 Å². The monoisotopic (exact) mass is 381 g/mol. The first-order valence-corrected chi connectivity index (χ1v) is 9.69. The molecule has 2 unspecified atom stereocenters. The Morgan fingerprint density at radius 3 is 2.30 bits per heavy atom. The van der Waals surface area contributed by atoms with E-state index in [1.165, 1.54) is 24.3 Å². The third kappa shape index (κ3) is 7.95. The average Bonchev–Trinajstić information content (AvgIpc) is 2.63. The Bertz CT molecular complexity index is 589. The summed E-state index contributed by atoms with van der Waals surface area (Å²) in [4.78, 5) is 21.9. The van der Waals surface area contributed by atoms with E-state index in [2.05, 4.69) is 6.92 Å². The highest BCUT2D eigenvalue weighted by Crippen LogP contribution is 2.27. The number of nitro benzene ring substituents is 1. The van der Waals surface area contributed by atoms with Gasteiger partial charge in [-0.25, -0.2) is 4.79 Å². The Morgan fingerprint density at radius 1 is 1.15 bits per heavy atom. The molecule has 7 nitrogen and oxygen atoms in total. The SMILES string of the molecule is CCCCCCC(CC(O)(CCCC)C(=O)O)Oc1ccc([N+](=O)[O-])cc1. The van der Waals surface area contributed by atoms with Crippen molar-refractivity contribution >= 4 is 11.7 Å². The lowest BCUT2D eigenvalue weighted by Crippen LogP contribution is -2.43. The number of rotatable bonds is 14. The van der Waals surface area contributed by atoms with Crippen molar-refractivity contribution < 1.29 is 24.7 Å². The lowest BCUT2D eigenvalue weighted by Gasteiger charge is -2.29. The van der Waals surface area contributed by atoms with Crippen LogP contribution in [0, 0.1) is 10.1 Å². The number of hydrogen-bond donors (Lipinski definition) is 2. The first-order valence-electron chi connectivity index (χ1n) is 9.69. The molecule has 7 heteroatoms. The maximum absolute atomic E-state index is 11.6. The molecule has 0 aliphatic heterocycles. The van der Waals surface area contributed by atoms with Crippen molar-refractivity contribution in [2.75, 3.05) is 0 Å². The summed E-state index contributed by atoms with van der Waals surface area (Å²) in [6.45, 7) is 4.05. The Hall–Kier alpha value is -2.15. The van der Waals surface area contributed by atoms with E-state index in [4.69, 9.17) is 4.74 Å². The van der Waals surface area contributed by atoms with Gasteiger partial charge >= 0.3 is 5.97 Å². The zero-order valence-electron chi connectivity index (χ0n) is 16.2. The number of carboxylic acid groups (broad SMARTS) is 1. The van der Waals surface area contributed by atoms with E-state index in [0.29, 0.717) is 18.6 Å². The van der Waals surface area contributed by atoms with Crippen LogP contribution in [0.25, 0.3) is 0 Å². The van der Waals surface area contributed by atoms with Gasteiger partial charge in [-0.1, -0.05) is 46.0 Å². The van der Waals surface area contributed by atoms with Crippen molar-refractivity contribution in [1.82, 2.24) is 0 Å². The molecule has 0 spiro atoms. The fourth-order valence-corrected chi connectivity index (χ4v) is 2.98. The topological polar surface area (TPSA) is 110 Å². The van der Waals surface area contributed by atoms with Gasteiger partial charge in [-0.3, -0.25) is 10.1 Å². The molecule has 0 amide bonds. The summed E-state index contributed by atoms with van der Waals surface area (Å²) in [6.07, 6.45) is 5.78. The largest absolute Gasteiger partial charge is 0.490 e. The van der Waals surface area contributed by atoms with E-state index in [1.54, 1.807) is 0 Å². The quantitative estimate of drug-likeness (QED) is 0.274. The first kappa shape index (κ1) is 22.9. The second-order valence-electron chi connectivity index (χ2n) is 6.98. The predicted octanol–water partition coefficient (Wildman–Crippen LogP) is 4.71. The van der Waals surface area contributed by atoms with Crippen molar-refractivity contribution in [2.45, 2.75) is 83.3 Å². The normalized spacial score (nSPS) is 14.3. The van der Waals surface area contributed by atoms with Crippen LogP contribution in [-0.4, -0.2) is 32.8 Å². The molecule has 1 aromatic carbocycles. The Labute approximate surface area is 160 Å². The standard InChI is InChI=1S/C20H31NO6/c1-3-5-7-8-9-18(15-20(24,19(22)23)14-6-4-2)27-17-12-10-16(11-13-17)21(25)26/h10-13,18,24H,3-9,14-15H2,1-2H3,(H,22,23). The molecular formula is C20H31NO6. The molecule has 0 aromatic heterocycles. The zero-order valence-corrected chi connectivity index (χ0v) is 16.2. The molecule has 0 fully saturated rings. The minimum Gasteiger partial charge on any atom is -0.490 e. The van der Waals surface area contributed by atoms with Crippen molar-refractivity contribution in [3.8, 4) is 5.75 Å². The molecule has 1 aromatic rings. The molecule has 1 rings (SSSR count). The Kier molecular flexibility index (Phi) is 9.78. The summed E-state index contributed by atoms with van der Waals surface area (Å²) in [7, 11) is 0. The molecule has 152 valence electrons. The van der Waals surface area contributed by atoms with Gasteiger partial charge in [0.25, 0.3) is 5.69 Å². The van der Waals surface area contributed by atoms with Crippen molar-refractivity contribution in [3.05, 3.63) is 34.4 Å². The fraction of sp³-hybridized carbons (Fsp3) is 0.650. The van der Waals surface area contributed by atoms with Crippen LogP contribution < -0.4 is 4.74 Å².